The first-order valence-electron chi connectivity index (χ1n) is 9.54. The van der Waals surface area contributed by atoms with Crippen molar-refractivity contribution in [3.05, 3.63) is 59.3 Å². The molecule has 4 rings (SSSR count). The van der Waals surface area contributed by atoms with Crippen LogP contribution in [0.4, 0.5) is 0 Å². The number of fused-ring (bicyclic) bond motifs is 3. The molecule has 0 bridgehead atoms. The number of rotatable bonds is 7. The van der Waals surface area contributed by atoms with Crippen molar-refractivity contribution in [1.29, 1.82) is 0 Å². The van der Waals surface area contributed by atoms with Crippen LogP contribution in [-0.4, -0.2) is 60.7 Å². The fraction of sp³-hybridized carbons (Fsp3) is 0.350. The Morgan fingerprint density at radius 1 is 1.33 bits per heavy atom. The number of benzene rings is 1. The smallest absolute Gasteiger partial charge is 0.279 e. The Kier molecular flexibility index (Phi) is 5.54. The lowest BCUT2D eigenvalue weighted by Crippen LogP contribution is -2.42. The molecule has 2 heterocycles. The molecule has 0 saturated heterocycles. The third-order valence-electron chi connectivity index (χ3n) is 5.24. The van der Waals surface area contributed by atoms with E-state index in [4.69, 9.17) is 4.84 Å². The van der Waals surface area contributed by atoms with Gasteiger partial charge in [0.05, 0.1) is 24.7 Å². The molecule has 1 atom stereocenters. The number of nitrogens with zero attached hydrogens (tertiary/aromatic N) is 5. The zero-order valence-electron chi connectivity index (χ0n) is 17.1. The van der Waals surface area contributed by atoms with Gasteiger partial charge in [-0.2, -0.15) is 17.4 Å². The standard InChI is InChI=1S/C20H24N6O3S/c1-25(2)30(27,28)24-15-9-18-17-8-14(11-23-29-3)4-5-19(17)26(20(18)10-15)13-16-12-21-6-7-22-16/h4-8,11-12,15,24H,9-10,13H2,1-3H3/t15-/m1/s1. The fourth-order valence-corrected chi connectivity index (χ4v) is 4.65. The van der Waals surface area contributed by atoms with E-state index in [0.717, 1.165) is 33.4 Å². The highest BCUT2D eigenvalue weighted by atomic mass is 32.2. The van der Waals surface area contributed by atoms with E-state index in [-0.39, 0.29) is 6.04 Å². The monoisotopic (exact) mass is 428 g/mol. The highest BCUT2D eigenvalue weighted by Gasteiger charge is 2.31. The van der Waals surface area contributed by atoms with Gasteiger partial charge < -0.3 is 9.40 Å². The summed E-state index contributed by atoms with van der Waals surface area (Å²) in [6.07, 6.45) is 7.96. The second-order valence-electron chi connectivity index (χ2n) is 7.41. The topological polar surface area (TPSA) is 102 Å². The second-order valence-corrected chi connectivity index (χ2v) is 9.33. The lowest BCUT2D eigenvalue weighted by molar-refractivity contribution is 0.215. The van der Waals surface area contributed by atoms with E-state index >= 15 is 0 Å². The highest BCUT2D eigenvalue weighted by Crippen LogP contribution is 2.34. The van der Waals surface area contributed by atoms with Crippen LogP contribution in [0, 0.1) is 0 Å². The van der Waals surface area contributed by atoms with Crippen LogP contribution in [0.25, 0.3) is 10.9 Å². The first kappa shape index (κ1) is 20.5. The van der Waals surface area contributed by atoms with Gasteiger partial charge in [-0.3, -0.25) is 9.97 Å². The molecule has 9 nitrogen and oxygen atoms in total. The number of oxime groups is 1. The fourth-order valence-electron chi connectivity index (χ4n) is 3.86. The van der Waals surface area contributed by atoms with Crippen molar-refractivity contribution in [2.75, 3.05) is 21.2 Å². The second kappa shape index (κ2) is 8.13. The zero-order valence-corrected chi connectivity index (χ0v) is 17.9. The average molecular weight is 429 g/mol. The van der Waals surface area contributed by atoms with E-state index in [2.05, 4.69) is 36.5 Å². The summed E-state index contributed by atoms with van der Waals surface area (Å²) >= 11 is 0. The number of hydrogen-bond acceptors (Lipinski definition) is 6. The van der Waals surface area contributed by atoms with Gasteiger partial charge >= 0.3 is 0 Å². The van der Waals surface area contributed by atoms with Gasteiger partial charge in [0.15, 0.2) is 0 Å². The minimum atomic E-state index is -3.51. The molecule has 1 aromatic carbocycles. The summed E-state index contributed by atoms with van der Waals surface area (Å²) in [6, 6.07) is 5.91. The predicted molar refractivity (Wildman–Crippen MR) is 115 cm³/mol. The van der Waals surface area contributed by atoms with Crippen molar-refractivity contribution < 1.29 is 13.3 Å². The quantitative estimate of drug-likeness (QED) is 0.452. The first-order valence-corrected chi connectivity index (χ1v) is 11.0. The van der Waals surface area contributed by atoms with Crippen LogP contribution in [0.1, 0.15) is 22.5 Å². The van der Waals surface area contributed by atoms with E-state index in [1.165, 1.54) is 25.5 Å². The van der Waals surface area contributed by atoms with E-state index in [0.29, 0.717) is 19.4 Å². The molecule has 1 aliphatic rings. The molecule has 2 aromatic heterocycles. The lowest BCUT2D eigenvalue weighted by atomic mass is 10.1. The van der Waals surface area contributed by atoms with Gasteiger partial charge in [-0.1, -0.05) is 11.2 Å². The number of aromatic nitrogens is 3. The SMILES string of the molecule is CON=Cc1ccc2c(c1)c1c(n2Cc2cnccn2)C[C@H](NS(=O)(=O)N(C)C)C1. The van der Waals surface area contributed by atoms with Gasteiger partial charge in [-0.25, -0.2) is 0 Å². The molecule has 1 aliphatic carbocycles. The maximum Gasteiger partial charge on any atom is 0.279 e. The van der Waals surface area contributed by atoms with Crippen molar-refractivity contribution in [1.82, 2.24) is 23.6 Å². The van der Waals surface area contributed by atoms with E-state index in [9.17, 15) is 8.42 Å². The molecule has 1 N–H and O–H groups in total. The van der Waals surface area contributed by atoms with Crippen molar-refractivity contribution in [2.24, 2.45) is 5.16 Å². The molecule has 0 saturated carbocycles. The van der Waals surface area contributed by atoms with Crippen molar-refractivity contribution in [3.63, 3.8) is 0 Å². The average Bonchev–Trinajstić information content (AvgIpc) is 3.24. The maximum absolute atomic E-state index is 12.3. The van der Waals surface area contributed by atoms with E-state index < -0.39 is 10.2 Å². The van der Waals surface area contributed by atoms with Crippen LogP contribution < -0.4 is 4.72 Å². The third-order valence-corrected chi connectivity index (χ3v) is 6.83. The number of hydrogen-bond donors (Lipinski definition) is 1. The molecule has 10 heteroatoms. The Morgan fingerprint density at radius 2 is 2.17 bits per heavy atom. The Morgan fingerprint density at radius 3 is 2.87 bits per heavy atom. The van der Waals surface area contributed by atoms with Crippen molar-refractivity contribution >= 4 is 27.3 Å². The van der Waals surface area contributed by atoms with Crippen LogP contribution >= 0.6 is 0 Å². The molecule has 0 radical (unpaired) electrons. The molecular formula is C20H24N6O3S. The van der Waals surface area contributed by atoms with Crippen LogP contribution in [0.2, 0.25) is 0 Å². The van der Waals surface area contributed by atoms with Crippen molar-refractivity contribution in [2.45, 2.75) is 25.4 Å². The lowest BCUT2D eigenvalue weighted by Gasteiger charge is -2.18. The molecule has 0 amide bonds. The summed E-state index contributed by atoms with van der Waals surface area (Å²) in [4.78, 5) is 13.4. The summed E-state index contributed by atoms with van der Waals surface area (Å²) in [5.41, 5.74) is 5.10. The van der Waals surface area contributed by atoms with Gasteiger partial charge in [-0.15, -0.1) is 0 Å². The number of nitrogens with one attached hydrogen (secondary N) is 1. The van der Waals surface area contributed by atoms with E-state index in [1.54, 1.807) is 24.8 Å². The molecule has 0 unspecified atom stereocenters. The Bertz CT molecular complexity index is 1190. The van der Waals surface area contributed by atoms with Gasteiger partial charge in [0.25, 0.3) is 10.2 Å². The van der Waals surface area contributed by atoms with Crippen LogP contribution in [0.5, 0.6) is 0 Å². The molecule has 0 fully saturated rings. The normalized spacial score (nSPS) is 16.6. The molecule has 0 spiro atoms. The Hall–Kier alpha value is -2.82. The van der Waals surface area contributed by atoms with Crippen molar-refractivity contribution in [3.8, 4) is 0 Å². The van der Waals surface area contributed by atoms with Crippen LogP contribution in [0.3, 0.4) is 0 Å². The van der Waals surface area contributed by atoms with Gasteiger partial charge in [0, 0.05) is 55.5 Å². The highest BCUT2D eigenvalue weighted by molar-refractivity contribution is 7.87. The summed E-state index contributed by atoms with van der Waals surface area (Å²) in [5, 5.41) is 4.94. The summed E-state index contributed by atoms with van der Waals surface area (Å²) in [7, 11) is 1.04. The third kappa shape index (κ3) is 3.93. The Balaban J connectivity index is 1.76. The largest absolute Gasteiger partial charge is 0.399 e. The summed E-state index contributed by atoms with van der Waals surface area (Å²) in [6.45, 7) is 0.568. The van der Waals surface area contributed by atoms with Gasteiger partial charge in [0.2, 0.25) is 0 Å². The molecule has 30 heavy (non-hydrogen) atoms. The first-order chi connectivity index (χ1) is 14.4. The Labute approximate surface area is 175 Å². The minimum Gasteiger partial charge on any atom is -0.399 e. The maximum atomic E-state index is 12.3. The van der Waals surface area contributed by atoms with Crippen LogP contribution in [0.15, 0.2) is 41.9 Å². The summed E-state index contributed by atoms with van der Waals surface area (Å²) in [5.74, 6) is 0. The molecule has 158 valence electrons. The predicted octanol–water partition coefficient (Wildman–Crippen LogP) is 1.32. The van der Waals surface area contributed by atoms with E-state index in [1.807, 2.05) is 6.07 Å². The van der Waals surface area contributed by atoms with Gasteiger partial charge in [0.1, 0.15) is 7.11 Å². The molecule has 3 aromatic rings. The van der Waals surface area contributed by atoms with Crippen LogP contribution in [-0.2, 0) is 34.4 Å². The molecule has 0 aliphatic heterocycles. The minimum absolute atomic E-state index is 0.198. The summed E-state index contributed by atoms with van der Waals surface area (Å²) < 4.78 is 30.9. The zero-order chi connectivity index (χ0) is 21.3. The molecular weight excluding hydrogens is 404 g/mol. The van der Waals surface area contributed by atoms with Gasteiger partial charge in [-0.05, 0) is 29.7 Å².